The number of likely N-dealkylation sites (N-methyl/N-ethyl adjacent to an activating group) is 1. The first-order chi connectivity index (χ1) is 7.49. The molecule has 0 heterocycles. The van der Waals surface area contributed by atoms with Crippen molar-refractivity contribution in [1.82, 2.24) is 10.2 Å². The molecule has 0 atom stereocenters. The Labute approximate surface area is 94.2 Å². The number of urea groups is 1. The van der Waals surface area contributed by atoms with E-state index in [1.165, 1.54) is 4.90 Å². The van der Waals surface area contributed by atoms with Gasteiger partial charge in [0, 0.05) is 13.6 Å². The molecule has 3 N–H and O–H groups in total. The Morgan fingerprint density at radius 3 is 2.44 bits per heavy atom. The number of carbonyl (C=O) groups is 2. The smallest absolute Gasteiger partial charge is 0.317 e. The van der Waals surface area contributed by atoms with E-state index in [0.717, 1.165) is 6.42 Å². The van der Waals surface area contributed by atoms with Gasteiger partial charge in [-0.1, -0.05) is 0 Å². The maximum atomic E-state index is 11.6. The van der Waals surface area contributed by atoms with Crippen LogP contribution in [0.5, 0.6) is 0 Å². The van der Waals surface area contributed by atoms with Crippen LogP contribution < -0.4 is 5.32 Å². The molecule has 0 saturated heterocycles. The molecular formula is C10H18N2O4. The van der Waals surface area contributed by atoms with Gasteiger partial charge in [-0.3, -0.25) is 4.79 Å². The van der Waals surface area contributed by atoms with Crippen LogP contribution in [0.25, 0.3) is 0 Å². The van der Waals surface area contributed by atoms with Crippen molar-refractivity contribution >= 4 is 12.0 Å². The second-order valence-electron chi connectivity index (χ2n) is 4.28. The van der Waals surface area contributed by atoms with E-state index in [1.54, 1.807) is 7.05 Å². The van der Waals surface area contributed by atoms with Crippen molar-refractivity contribution in [3.63, 3.8) is 0 Å². The fourth-order valence-corrected chi connectivity index (χ4v) is 1.81. The summed E-state index contributed by atoms with van der Waals surface area (Å²) in [6, 6.07) is -0.324. The van der Waals surface area contributed by atoms with Crippen molar-refractivity contribution in [2.45, 2.75) is 31.2 Å². The van der Waals surface area contributed by atoms with Gasteiger partial charge in [-0.15, -0.1) is 0 Å². The molecule has 1 saturated carbocycles. The third-order valence-electron chi connectivity index (χ3n) is 2.95. The molecule has 0 unspecified atom stereocenters. The maximum Gasteiger partial charge on any atom is 0.317 e. The summed E-state index contributed by atoms with van der Waals surface area (Å²) in [5.74, 6) is -0.898. The minimum Gasteiger partial charge on any atom is -0.481 e. The number of hydrogen-bond donors (Lipinski definition) is 3. The average molecular weight is 230 g/mol. The van der Waals surface area contributed by atoms with Crippen molar-refractivity contribution < 1.29 is 19.8 Å². The highest BCUT2D eigenvalue weighted by atomic mass is 16.4. The van der Waals surface area contributed by atoms with E-state index < -0.39 is 11.5 Å². The summed E-state index contributed by atoms with van der Waals surface area (Å²) < 4.78 is 0. The van der Waals surface area contributed by atoms with Crippen molar-refractivity contribution in [2.24, 2.45) is 0 Å². The van der Waals surface area contributed by atoms with Crippen molar-refractivity contribution in [2.75, 3.05) is 20.2 Å². The monoisotopic (exact) mass is 230 g/mol. The lowest BCUT2D eigenvalue weighted by molar-refractivity contribution is -0.139. The molecular weight excluding hydrogens is 212 g/mol. The van der Waals surface area contributed by atoms with E-state index in [0.29, 0.717) is 12.8 Å². The third-order valence-corrected chi connectivity index (χ3v) is 2.95. The molecule has 0 bridgehead atoms. The van der Waals surface area contributed by atoms with Crippen molar-refractivity contribution in [1.29, 1.82) is 0 Å². The van der Waals surface area contributed by atoms with Gasteiger partial charge in [0.2, 0.25) is 0 Å². The van der Waals surface area contributed by atoms with Gasteiger partial charge in [0.25, 0.3) is 0 Å². The van der Waals surface area contributed by atoms with Crippen molar-refractivity contribution in [3.05, 3.63) is 0 Å². The SMILES string of the molecule is CN(CCO)C(=O)NC1(CC(=O)O)CCC1. The molecule has 1 rings (SSSR count). The largest absolute Gasteiger partial charge is 0.481 e. The van der Waals surface area contributed by atoms with Crippen LogP contribution in [0.2, 0.25) is 0 Å². The van der Waals surface area contributed by atoms with Gasteiger partial charge in [0.15, 0.2) is 0 Å². The Kier molecular flexibility index (Phi) is 4.12. The molecule has 1 fully saturated rings. The molecule has 16 heavy (non-hydrogen) atoms. The molecule has 92 valence electrons. The molecule has 0 aromatic carbocycles. The van der Waals surface area contributed by atoms with Gasteiger partial charge >= 0.3 is 12.0 Å². The number of amides is 2. The molecule has 6 heteroatoms. The molecule has 2 amide bonds. The first-order valence-electron chi connectivity index (χ1n) is 5.35. The van der Waals surface area contributed by atoms with Crippen LogP contribution >= 0.6 is 0 Å². The van der Waals surface area contributed by atoms with Gasteiger partial charge in [0.1, 0.15) is 0 Å². The summed E-state index contributed by atoms with van der Waals surface area (Å²) in [4.78, 5) is 23.7. The van der Waals surface area contributed by atoms with E-state index >= 15 is 0 Å². The summed E-state index contributed by atoms with van der Waals surface area (Å²) in [6.07, 6.45) is 2.32. The minimum atomic E-state index is -0.898. The Bertz CT molecular complexity index is 276. The van der Waals surface area contributed by atoms with E-state index in [2.05, 4.69) is 5.32 Å². The fourth-order valence-electron chi connectivity index (χ4n) is 1.81. The zero-order valence-electron chi connectivity index (χ0n) is 9.40. The standard InChI is InChI=1S/C10H18N2O4/c1-12(5-6-13)9(16)11-10(3-2-4-10)7-8(14)15/h13H,2-7H2,1H3,(H,11,16)(H,14,15). The Hall–Kier alpha value is -1.30. The lowest BCUT2D eigenvalue weighted by Crippen LogP contribution is -2.57. The highest BCUT2D eigenvalue weighted by molar-refractivity contribution is 5.77. The predicted molar refractivity (Wildman–Crippen MR) is 57.1 cm³/mol. The normalized spacial score (nSPS) is 17.4. The topological polar surface area (TPSA) is 89.9 Å². The number of carboxylic acid groups (broad SMARTS) is 1. The summed E-state index contributed by atoms with van der Waals surface area (Å²) in [6.45, 7) is 0.144. The predicted octanol–water partition coefficient (Wildman–Crippen LogP) is 0.0175. The number of hydrogen-bond acceptors (Lipinski definition) is 3. The van der Waals surface area contributed by atoms with Gasteiger partial charge in [-0.25, -0.2) is 4.79 Å². The summed E-state index contributed by atoms with van der Waals surface area (Å²) >= 11 is 0. The number of rotatable bonds is 5. The number of nitrogens with one attached hydrogen (secondary N) is 1. The average Bonchev–Trinajstić information content (AvgIpc) is 2.13. The quantitative estimate of drug-likeness (QED) is 0.621. The fraction of sp³-hybridized carbons (Fsp3) is 0.800. The van der Waals surface area contributed by atoms with Crippen LogP contribution in [0.4, 0.5) is 4.79 Å². The van der Waals surface area contributed by atoms with Crippen LogP contribution in [-0.2, 0) is 4.79 Å². The number of carbonyl (C=O) groups excluding carboxylic acids is 1. The number of nitrogens with zero attached hydrogens (tertiary/aromatic N) is 1. The third kappa shape index (κ3) is 3.10. The van der Waals surface area contributed by atoms with Crippen LogP contribution in [0.1, 0.15) is 25.7 Å². The number of carboxylic acids is 1. The van der Waals surface area contributed by atoms with Crippen LogP contribution in [0.15, 0.2) is 0 Å². The van der Waals surface area contributed by atoms with Crippen LogP contribution in [0.3, 0.4) is 0 Å². The van der Waals surface area contributed by atoms with E-state index in [-0.39, 0.29) is 25.6 Å². The molecule has 0 aliphatic heterocycles. The Morgan fingerprint density at radius 1 is 1.44 bits per heavy atom. The summed E-state index contributed by atoms with van der Waals surface area (Å²) in [5.41, 5.74) is -0.577. The van der Waals surface area contributed by atoms with Crippen molar-refractivity contribution in [3.8, 4) is 0 Å². The molecule has 1 aliphatic carbocycles. The van der Waals surface area contributed by atoms with Gasteiger partial charge in [-0.05, 0) is 19.3 Å². The lowest BCUT2D eigenvalue weighted by Gasteiger charge is -2.42. The first-order valence-corrected chi connectivity index (χ1v) is 5.35. The number of aliphatic hydroxyl groups excluding tert-OH is 1. The van der Waals surface area contributed by atoms with E-state index in [4.69, 9.17) is 10.2 Å². The summed E-state index contributed by atoms with van der Waals surface area (Å²) in [5, 5.41) is 20.2. The minimum absolute atomic E-state index is 0.0360. The first kappa shape index (κ1) is 12.8. The number of aliphatic hydroxyl groups is 1. The van der Waals surface area contributed by atoms with E-state index in [9.17, 15) is 9.59 Å². The molecule has 0 radical (unpaired) electrons. The van der Waals surface area contributed by atoms with Gasteiger partial charge < -0.3 is 20.4 Å². The molecule has 0 aromatic heterocycles. The molecule has 0 aromatic rings. The Morgan fingerprint density at radius 2 is 2.06 bits per heavy atom. The van der Waals surface area contributed by atoms with Crippen LogP contribution in [0, 0.1) is 0 Å². The zero-order valence-corrected chi connectivity index (χ0v) is 9.40. The zero-order chi connectivity index (χ0) is 12.2. The molecule has 6 nitrogen and oxygen atoms in total. The lowest BCUT2D eigenvalue weighted by atomic mass is 9.74. The molecule has 1 aliphatic rings. The van der Waals surface area contributed by atoms with E-state index in [1.807, 2.05) is 0 Å². The highest BCUT2D eigenvalue weighted by Gasteiger charge is 2.40. The Balaban J connectivity index is 2.49. The number of aliphatic carboxylic acids is 1. The van der Waals surface area contributed by atoms with Crippen LogP contribution in [-0.4, -0.2) is 52.9 Å². The highest BCUT2D eigenvalue weighted by Crippen LogP contribution is 2.34. The second-order valence-corrected chi connectivity index (χ2v) is 4.28. The summed E-state index contributed by atoms with van der Waals surface area (Å²) in [7, 11) is 1.57. The van der Waals surface area contributed by atoms with Gasteiger partial charge in [-0.2, -0.15) is 0 Å². The molecule has 0 spiro atoms. The second kappa shape index (κ2) is 5.16. The van der Waals surface area contributed by atoms with Gasteiger partial charge in [0.05, 0.1) is 18.6 Å². The maximum absolute atomic E-state index is 11.6.